The number of aromatic nitrogens is 3. The van der Waals surface area contributed by atoms with Crippen molar-refractivity contribution >= 4 is 11.6 Å². The van der Waals surface area contributed by atoms with E-state index in [0.717, 1.165) is 60.9 Å². The van der Waals surface area contributed by atoms with E-state index in [2.05, 4.69) is 22.9 Å². The third-order valence-electron chi connectivity index (χ3n) is 6.21. The predicted octanol–water partition coefficient (Wildman–Crippen LogP) is 3.71. The van der Waals surface area contributed by atoms with Crippen molar-refractivity contribution < 1.29 is 4.79 Å². The van der Waals surface area contributed by atoms with Gasteiger partial charge in [-0.1, -0.05) is 31.2 Å². The minimum atomic E-state index is 0.0819. The molecule has 3 heterocycles. The van der Waals surface area contributed by atoms with Crippen molar-refractivity contribution in [2.24, 2.45) is 0 Å². The molecule has 0 atom stereocenters. The summed E-state index contributed by atoms with van der Waals surface area (Å²) in [6.07, 6.45) is 1.79. The van der Waals surface area contributed by atoms with Crippen LogP contribution in [0.15, 0.2) is 66.9 Å². The van der Waals surface area contributed by atoms with Crippen molar-refractivity contribution in [2.75, 3.05) is 32.7 Å². The summed E-state index contributed by atoms with van der Waals surface area (Å²) in [4.78, 5) is 21.6. The Morgan fingerprint density at radius 3 is 2.30 bits per heavy atom. The van der Waals surface area contributed by atoms with Crippen molar-refractivity contribution in [3.05, 3.63) is 78.0 Å². The van der Waals surface area contributed by atoms with Gasteiger partial charge in [-0.15, -0.1) is 0 Å². The molecule has 1 saturated heterocycles. The molecule has 0 radical (unpaired) electrons. The molecule has 7 heteroatoms. The van der Waals surface area contributed by atoms with Crippen LogP contribution in [-0.4, -0.2) is 63.0 Å². The number of rotatable bonds is 4. The van der Waals surface area contributed by atoms with Crippen LogP contribution in [0.5, 0.6) is 0 Å². The fourth-order valence-electron chi connectivity index (χ4n) is 4.17. The number of amides is 1. The zero-order valence-corrected chi connectivity index (χ0v) is 18.5. The number of carbonyl (C=O) groups is 1. The Morgan fingerprint density at radius 1 is 0.939 bits per heavy atom. The number of carbonyl (C=O) groups excluding carboxylic acids is 1. The van der Waals surface area contributed by atoms with E-state index in [9.17, 15) is 4.79 Å². The number of benzene rings is 2. The SMILES string of the molecule is CCN1CCN(C(=O)c2ccc(-c3ccc4ncc(-c5ccc(C#N)cc5)n4n3)cc2)CC1. The Balaban J connectivity index is 1.39. The number of likely N-dealkylation sites (N-methyl/N-ethyl adjacent to an activating group) is 1. The van der Waals surface area contributed by atoms with Crippen molar-refractivity contribution in [2.45, 2.75) is 6.92 Å². The summed E-state index contributed by atoms with van der Waals surface area (Å²) in [5.41, 5.74) is 5.59. The maximum absolute atomic E-state index is 12.9. The first-order valence-electron chi connectivity index (χ1n) is 11.1. The van der Waals surface area contributed by atoms with Gasteiger partial charge in [0.25, 0.3) is 5.91 Å². The summed E-state index contributed by atoms with van der Waals surface area (Å²) in [6, 6.07) is 21.0. The molecule has 1 aliphatic heterocycles. The molecule has 0 N–H and O–H groups in total. The smallest absolute Gasteiger partial charge is 0.253 e. The molecule has 2 aromatic heterocycles. The molecule has 4 aromatic rings. The lowest BCUT2D eigenvalue weighted by atomic mass is 10.1. The number of imidazole rings is 1. The number of hydrogen-bond donors (Lipinski definition) is 0. The highest BCUT2D eigenvalue weighted by molar-refractivity contribution is 5.94. The molecule has 164 valence electrons. The molecule has 0 saturated carbocycles. The van der Waals surface area contributed by atoms with Crippen molar-refractivity contribution in [1.82, 2.24) is 24.4 Å². The van der Waals surface area contributed by atoms with Gasteiger partial charge in [0.05, 0.1) is 29.2 Å². The third-order valence-corrected chi connectivity index (χ3v) is 6.21. The van der Waals surface area contributed by atoms with E-state index < -0.39 is 0 Å². The molecule has 1 aliphatic rings. The first kappa shape index (κ1) is 20.9. The van der Waals surface area contributed by atoms with Gasteiger partial charge in [0, 0.05) is 42.9 Å². The second-order valence-electron chi connectivity index (χ2n) is 8.12. The van der Waals surface area contributed by atoms with E-state index in [1.165, 1.54) is 0 Å². The predicted molar refractivity (Wildman–Crippen MR) is 127 cm³/mol. The maximum atomic E-state index is 12.9. The Hall–Kier alpha value is -4.02. The largest absolute Gasteiger partial charge is 0.336 e. The summed E-state index contributed by atoms with van der Waals surface area (Å²) in [5, 5.41) is 13.8. The van der Waals surface area contributed by atoms with Gasteiger partial charge < -0.3 is 9.80 Å². The van der Waals surface area contributed by atoms with Crippen LogP contribution < -0.4 is 0 Å². The maximum Gasteiger partial charge on any atom is 0.253 e. The van der Waals surface area contributed by atoms with Crippen molar-refractivity contribution in [3.63, 3.8) is 0 Å². The van der Waals surface area contributed by atoms with Gasteiger partial charge in [-0.3, -0.25) is 4.79 Å². The molecular weight excluding hydrogens is 412 g/mol. The van der Waals surface area contributed by atoms with Crippen LogP contribution in [0.2, 0.25) is 0 Å². The van der Waals surface area contributed by atoms with E-state index in [0.29, 0.717) is 11.1 Å². The highest BCUT2D eigenvalue weighted by Crippen LogP contribution is 2.24. The minimum absolute atomic E-state index is 0.0819. The number of hydrogen-bond acceptors (Lipinski definition) is 5. The summed E-state index contributed by atoms with van der Waals surface area (Å²) in [5.74, 6) is 0.0819. The average Bonchev–Trinajstić information content (AvgIpc) is 3.32. The first-order chi connectivity index (χ1) is 16.2. The van der Waals surface area contributed by atoms with E-state index >= 15 is 0 Å². The van der Waals surface area contributed by atoms with Gasteiger partial charge in [-0.25, -0.2) is 9.50 Å². The van der Waals surface area contributed by atoms with Crippen LogP contribution in [0.4, 0.5) is 0 Å². The Labute approximate surface area is 192 Å². The molecule has 33 heavy (non-hydrogen) atoms. The van der Waals surface area contributed by atoms with Crippen molar-refractivity contribution in [3.8, 4) is 28.6 Å². The molecule has 0 unspecified atom stereocenters. The number of piperazine rings is 1. The van der Waals surface area contributed by atoms with Gasteiger partial charge in [0.1, 0.15) is 0 Å². The number of nitriles is 1. The molecule has 0 bridgehead atoms. The van der Waals surface area contributed by atoms with Crippen LogP contribution in [0.3, 0.4) is 0 Å². The molecule has 2 aromatic carbocycles. The normalized spacial score (nSPS) is 14.4. The minimum Gasteiger partial charge on any atom is -0.336 e. The highest BCUT2D eigenvalue weighted by Gasteiger charge is 2.21. The van der Waals surface area contributed by atoms with Gasteiger partial charge >= 0.3 is 0 Å². The second-order valence-corrected chi connectivity index (χ2v) is 8.12. The van der Waals surface area contributed by atoms with Crippen LogP contribution >= 0.6 is 0 Å². The summed E-state index contributed by atoms with van der Waals surface area (Å²) in [7, 11) is 0. The van der Waals surface area contributed by atoms with Gasteiger partial charge in [-0.05, 0) is 42.9 Å². The van der Waals surface area contributed by atoms with Crippen molar-refractivity contribution in [1.29, 1.82) is 5.26 Å². The highest BCUT2D eigenvalue weighted by atomic mass is 16.2. The van der Waals surface area contributed by atoms with E-state index in [-0.39, 0.29) is 5.91 Å². The summed E-state index contributed by atoms with van der Waals surface area (Å²) in [6.45, 7) is 6.57. The Kier molecular flexibility index (Phi) is 5.59. The average molecular weight is 437 g/mol. The first-order valence-corrected chi connectivity index (χ1v) is 11.1. The standard InChI is InChI=1S/C26H24N6O/c1-2-30-13-15-31(16-14-30)26(33)22-9-7-20(8-10-22)23-11-12-25-28-18-24(32(25)29-23)21-5-3-19(17-27)4-6-21/h3-12,18H,2,13-16H2,1H3. The third kappa shape index (κ3) is 4.09. The molecule has 1 amide bonds. The lowest BCUT2D eigenvalue weighted by Crippen LogP contribution is -2.48. The molecule has 7 nitrogen and oxygen atoms in total. The summed E-state index contributed by atoms with van der Waals surface area (Å²) < 4.78 is 1.81. The molecule has 0 spiro atoms. The fraction of sp³-hybridized carbons (Fsp3) is 0.231. The van der Waals surface area contributed by atoms with E-state index in [1.807, 2.05) is 57.9 Å². The van der Waals surface area contributed by atoms with E-state index in [4.69, 9.17) is 10.4 Å². The second kappa shape index (κ2) is 8.85. The molecule has 0 aliphatic carbocycles. The zero-order chi connectivity index (χ0) is 22.8. The molecule has 1 fully saturated rings. The monoisotopic (exact) mass is 436 g/mol. The van der Waals surface area contributed by atoms with Gasteiger partial charge in [0.15, 0.2) is 5.65 Å². The van der Waals surface area contributed by atoms with Gasteiger partial charge in [0.2, 0.25) is 0 Å². The zero-order valence-electron chi connectivity index (χ0n) is 18.5. The van der Waals surface area contributed by atoms with Gasteiger partial charge in [-0.2, -0.15) is 10.4 Å². The topological polar surface area (TPSA) is 77.5 Å². The molecular formula is C26H24N6O. The quantitative estimate of drug-likeness (QED) is 0.487. The van der Waals surface area contributed by atoms with Crippen LogP contribution in [-0.2, 0) is 0 Å². The van der Waals surface area contributed by atoms with Crippen LogP contribution in [0, 0.1) is 11.3 Å². The van der Waals surface area contributed by atoms with Crippen LogP contribution in [0.1, 0.15) is 22.8 Å². The Morgan fingerprint density at radius 2 is 1.64 bits per heavy atom. The number of nitrogens with zero attached hydrogens (tertiary/aromatic N) is 6. The lowest BCUT2D eigenvalue weighted by molar-refractivity contribution is 0.0643. The Bertz CT molecular complexity index is 1330. The van der Waals surface area contributed by atoms with E-state index in [1.54, 1.807) is 18.3 Å². The number of fused-ring (bicyclic) bond motifs is 1. The fourth-order valence-corrected chi connectivity index (χ4v) is 4.17. The summed E-state index contributed by atoms with van der Waals surface area (Å²) >= 11 is 0. The van der Waals surface area contributed by atoms with Crippen LogP contribution in [0.25, 0.3) is 28.2 Å². The molecule has 5 rings (SSSR count). The lowest BCUT2D eigenvalue weighted by Gasteiger charge is -2.34.